The molecule has 1 aromatic carbocycles. The molecule has 0 bridgehead atoms. The number of aliphatic hydroxyl groups is 5. The number of nitrogens with zero attached hydrogens (tertiary/aromatic N) is 3. The van der Waals surface area contributed by atoms with E-state index in [-0.39, 0.29) is 6.42 Å². The van der Waals surface area contributed by atoms with Gasteiger partial charge >= 0.3 is 5.97 Å². The van der Waals surface area contributed by atoms with Gasteiger partial charge in [-0.05, 0) is 31.9 Å². The van der Waals surface area contributed by atoms with E-state index in [0.717, 1.165) is 4.96 Å². The standard InChI is InChI=1S/C14H25N3O9.C9H7N3S/c1-3-5(17-12(16)13(23)24)2-4(15)14(25-3)26-11-9(21)7(19)6(18)8(20)10(11)22;1-6-3-2-4-7-8(6)12-5-10-11-9(12)13-7/h3-11,14,18-22H,2,15H2,1H3,(H2,16,17)(H,23,24);2-5H,1H3/t3-,4+,5+,6-,7+,8+,9-,10+,11+,14-;/m1./s1. The summed E-state index contributed by atoms with van der Waals surface area (Å²) in [5.41, 5.74) is 8.44. The highest BCUT2D eigenvalue weighted by Crippen LogP contribution is 2.29. The number of hydrogen-bond donors (Lipinski definition) is 9. The first-order chi connectivity index (χ1) is 18.4. The van der Waals surface area contributed by atoms with Crippen molar-refractivity contribution >= 4 is 38.3 Å². The summed E-state index contributed by atoms with van der Waals surface area (Å²) in [6, 6.07) is 4.90. The molecule has 15 nitrogen and oxygen atoms in total. The summed E-state index contributed by atoms with van der Waals surface area (Å²) in [4.78, 5) is 11.7. The van der Waals surface area contributed by atoms with Gasteiger partial charge in [0.15, 0.2) is 6.29 Å². The average Bonchev–Trinajstić information content (AvgIpc) is 3.49. The number of rotatable bonds is 3. The van der Waals surface area contributed by atoms with Crippen LogP contribution >= 0.6 is 11.3 Å². The molecule has 2 aromatic heterocycles. The quantitative estimate of drug-likeness (QED) is 0.122. The number of fused-ring (bicyclic) bond motifs is 3. The number of benzene rings is 1. The predicted octanol–water partition coefficient (Wildman–Crippen LogP) is -2.08. The Morgan fingerprint density at radius 3 is 2.46 bits per heavy atom. The number of thiazole rings is 1. The van der Waals surface area contributed by atoms with E-state index in [1.165, 1.54) is 15.8 Å². The molecule has 1 saturated heterocycles. The summed E-state index contributed by atoms with van der Waals surface area (Å²) in [5, 5.41) is 75.5. The lowest BCUT2D eigenvalue weighted by Gasteiger charge is -2.45. The molecule has 0 spiro atoms. The molecule has 3 heterocycles. The predicted molar refractivity (Wildman–Crippen MR) is 137 cm³/mol. The van der Waals surface area contributed by atoms with E-state index in [1.54, 1.807) is 24.6 Å². The summed E-state index contributed by atoms with van der Waals surface area (Å²) < 4.78 is 14.3. The minimum atomic E-state index is -1.74. The molecule has 0 amide bonds. The first-order valence-corrected chi connectivity index (χ1v) is 13.0. The van der Waals surface area contributed by atoms with Crippen LogP contribution in [-0.4, -0.2) is 118 Å². The van der Waals surface area contributed by atoms with E-state index in [1.807, 2.05) is 4.40 Å². The van der Waals surface area contributed by atoms with Gasteiger partial charge in [0.05, 0.1) is 28.4 Å². The Hall–Kier alpha value is -2.80. The fraction of sp³-hybridized carbons (Fsp3) is 0.565. The number of carboxylic acid groups (broad SMARTS) is 1. The van der Waals surface area contributed by atoms with E-state index >= 15 is 0 Å². The SMILES string of the molecule is C[C@H]1O[C@H](O[C@H]2[C@H](O)[C@@H](O)[C@@H](O)[C@H](O)[C@@H]2O)[C@@H](N)C[C@@H]1NC(=N)C(=O)O.Cc1cccc2sc3nncn3c12. The first-order valence-electron chi connectivity index (χ1n) is 12.1. The molecule has 0 radical (unpaired) electrons. The zero-order chi connectivity index (χ0) is 28.6. The van der Waals surface area contributed by atoms with Gasteiger partial charge in [-0.15, -0.1) is 10.2 Å². The van der Waals surface area contributed by atoms with Gasteiger partial charge in [0, 0.05) is 0 Å². The highest BCUT2D eigenvalue weighted by Gasteiger charge is 2.51. The molecule has 214 valence electrons. The molecule has 16 heteroatoms. The molecule has 1 saturated carbocycles. The molecular formula is C23H32N6O9S. The summed E-state index contributed by atoms with van der Waals surface area (Å²) in [6.07, 6.45) is -9.89. The van der Waals surface area contributed by atoms with Crippen LogP contribution in [0.1, 0.15) is 18.9 Å². The molecular weight excluding hydrogens is 536 g/mol. The van der Waals surface area contributed by atoms with Crippen LogP contribution in [0.2, 0.25) is 0 Å². The zero-order valence-corrected chi connectivity index (χ0v) is 21.8. The number of carboxylic acids is 1. The molecule has 39 heavy (non-hydrogen) atoms. The fourth-order valence-corrected chi connectivity index (χ4v) is 5.67. The zero-order valence-electron chi connectivity index (χ0n) is 21.0. The lowest BCUT2D eigenvalue weighted by Crippen LogP contribution is -2.66. The molecule has 3 aromatic rings. The van der Waals surface area contributed by atoms with E-state index in [4.69, 9.17) is 25.7 Å². The number of carbonyl (C=O) groups is 1. The largest absolute Gasteiger partial charge is 0.475 e. The lowest BCUT2D eigenvalue weighted by atomic mass is 9.84. The van der Waals surface area contributed by atoms with Gasteiger partial charge in [-0.1, -0.05) is 23.5 Å². The molecule has 10 N–H and O–H groups in total. The van der Waals surface area contributed by atoms with Gasteiger partial charge in [0.1, 0.15) is 43.0 Å². The number of hydrogen-bond acceptors (Lipinski definition) is 13. The number of nitrogens with one attached hydrogen (secondary N) is 2. The Morgan fingerprint density at radius 2 is 1.82 bits per heavy atom. The summed E-state index contributed by atoms with van der Waals surface area (Å²) in [7, 11) is 0. The number of aromatic nitrogens is 3. The van der Waals surface area contributed by atoms with Crippen LogP contribution in [0.3, 0.4) is 0 Å². The third-order valence-electron chi connectivity index (χ3n) is 6.86. The Morgan fingerprint density at radius 1 is 1.18 bits per heavy atom. The number of aliphatic carboxylic acids is 1. The summed E-state index contributed by atoms with van der Waals surface area (Å²) >= 11 is 1.67. The maximum atomic E-state index is 10.7. The maximum absolute atomic E-state index is 10.7. The highest BCUT2D eigenvalue weighted by atomic mass is 32.1. The first kappa shape index (κ1) is 29.2. The van der Waals surface area contributed by atoms with Gasteiger partial charge < -0.3 is 51.2 Å². The van der Waals surface area contributed by atoms with Crippen molar-refractivity contribution in [1.29, 1.82) is 5.41 Å². The smallest absolute Gasteiger partial charge is 0.370 e. The van der Waals surface area contributed by atoms with Crippen molar-refractivity contribution in [2.45, 2.75) is 81.4 Å². The van der Waals surface area contributed by atoms with Gasteiger partial charge in [0.25, 0.3) is 0 Å². The summed E-state index contributed by atoms with van der Waals surface area (Å²) in [6.45, 7) is 3.70. The molecule has 2 fully saturated rings. The Labute approximate surface area is 225 Å². The number of amidine groups is 1. The minimum absolute atomic E-state index is 0.161. The van der Waals surface area contributed by atoms with E-state index in [2.05, 4.69) is 40.6 Å². The lowest BCUT2D eigenvalue weighted by molar-refractivity contribution is -0.293. The van der Waals surface area contributed by atoms with Crippen molar-refractivity contribution in [2.75, 3.05) is 0 Å². The van der Waals surface area contributed by atoms with Crippen LogP contribution in [0.15, 0.2) is 24.5 Å². The van der Waals surface area contributed by atoms with Crippen molar-refractivity contribution in [3.63, 3.8) is 0 Å². The molecule has 10 atom stereocenters. The molecule has 5 rings (SSSR count). The normalized spacial score (nSPS) is 34.9. The van der Waals surface area contributed by atoms with Crippen LogP contribution in [-0.2, 0) is 14.3 Å². The molecule has 1 aliphatic heterocycles. The van der Waals surface area contributed by atoms with Crippen molar-refractivity contribution < 1.29 is 44.9 Å². The molecule has 1 aliphatic carbocycles. The fourth-order valence-electron chi connectivity index (χ4n) is 4.64. The second-order valence-corrected chi connectivity index (χ2v) is 10.6. The van der Waals surface area contributed by atoms with Gasteiger partial charge in [0.2, 0.25) is 10.8 Å². The second kappa shape index (κ2) is 11.7. The van der Waals surface area contributed by atoms with Crippen LogP contribution in [0, 0.1) is 12.3 Å². The van der Waals surface area contributed by atoms with E-state index < -0.39 is 72.9 Å². The Bertz CT molecular complexity index is 1300. The number of aliphatic hydroxyl groups excluding tert-OH is 5. The van der Waals surface area contributed by atoms with Gasteiger partial charge in [-0.2, -0.15) is 0 Å². The number of ether oxygens (including phenoxy) is 2. The monoisotopic (exact) mass is 568 g/mol. The van der Waals surface area contributed by atoms with Crippen LogP contribution in [0.5, 0.6) is 0 Å². The van der Waals surface area contributed by atoms with E-state index in [9.17, 15) is 30.3 Å². The third-order valence-corrected chi connectivity index (χ3v) is 7.87. The van der Waals surface area contributed by atoms with Crippen molar-refractivity contribution in [2.24, 2.45) is 5.73 Å². The van der Waals surface area contributed by atoms with Gasteiger partial charge in [-0.3, -0.25) is 9.81 Å². The highest BCUT2D eigenvalue weighted by molar-refractivity contribution is 7.23. The van der Waals surface area contributed by atoms with E-state index in [0.29, 0.717) is 0 Å². The number of aryl methyl sites for hydroxylation is 1. The second-order valence-electron chi connectivity index (χ2n) is 9.60. The van der Waals surface area contributed by atoms with Gasteiger partial charge in [-0.25, -0.2) is 4.79 Å². The third kappa shape index (κ3) is 5.88. The average molecular weight is 569 g/mol. The Kier molecular flexibility index (Phi) is 8.79. The Balaban J connectivity index is 0.000000223. The topological polar surface area (TPSA) is 249 Å². The maximum Gasteiger partial charge on any atom is 0.370 e. The molecule has 2 aliphatic rings. The van der Waals surface area contributed by atoms with Crippen molar-refractivity contribution in [3.8, 4) is 0 Å². The number of nitrogens with two attached hydrogens (primary N) is 1. The van der Waals surface area contributed by atoms with Crippen molar-refractivity contribution in [3.05, 3.63) is 30.1 Å². The summed E-state index contributed by atoms with van der Waals surface area (Å²) in [5.74, 6) is -2.14. The van der Waals surface area contributed by atoms with Crippen LogP contribution in [0.4, 0.5) is 0 Å². The minimum Gasteiger partial charge on any atom is -0.475 e. The van der Waals surface area contributed by atoms with Crippen LogP contribution < -0.4 is 11.1 Å². The van der Waals surface area contributed by atoms with Crippen molar-refractivity contribution in [1.82, 2.24) is 19.9 Å². The molecule has 0 unspecified atom stereocenters. The number of para-hydroxylation sites is 1. The van der Waals surface area contributed by atoms with Crippen LogP contribution in [0.25, 0.3) is 15.2 Å².